The number of hydrogen-bond acceptors (Lipinski definition) is 4. The maximum absolute atomic E-state index is 11.5. The van der Waals surface area contributed by atoms with Crippen molar-refractivity contribution in [3.05, 3.63) is 36.4 Å². The Morgan fingerprint density at radius 3 is 2.62 bits per heavy atom. The predicted octanol–water partition coefficient (Wildman–Crippen LogP) is 3.44. The fourth-order valence-electron chi connectivity index (χ4n) is 1.70. The molecule has 0 spiro atoms. The second kappa shape index (κ2) is 8.05. The fraction of sp³-hybridized carbons (Fsp3) is 0.357. The molecule has 7 heteroatoms. The van der Waals surface area contributed by atoms with Crippen molar-refractivity contribution in [3.63, 3.8) is 0 Å². The summed E-state index contributed by atoms with van der Waals surface area (Å²) < 4.78 is 28.4. The van der Waals surface area contributed by atoms with Crippen LogP contribution in [0.1, 0.15) is 36.0 Å². The van der Waals surface area contributed by atoms with E-state index < -0.39 is 15.0 Å². The highest BCUT2D eigenvalue weighted by molar-refractivity contribution is 8.13. The number of benzene rings is 1. The van der Waals surface area contributed by atoms with Crippen molar-refractivity contribution in [2.24, 2.45) is 0 Å². The molecule has 21 heavy (non-hydrogen) atoms. The summed E-state index contributed by atoms with van der Waals surface area (Å²) >= 11 is 0. The van der Waals surface area contributed by atoms with E-state index in [9.17, 15) is 13.2 Å². The SMILES string of the molecule is C=CCCCCCOc1ccc(C(=O)O)cc1S(=O)(=O)Cl. The van der Waals surface area contributed by atoms with E-state index >= 15 is 0 Å². The minimum atomic E-state index is -4.07. The smallest absolute Gasteiger partial charge is 0.335 e. The lowest BCUT2D eigenvalue weighted by Crippen LogP contribution is -2.05. The molecule has 116 valence electrons. The van der Waals surface area contributed by atoms with Crippen molar-refractivity contribution in [1.29, 1.82) is 0 Å². The molecule has 0 aromatic heterocycles. The van der Waals surface area contributed by atoms with Crippen LogP contribution >= 0.6 is 10.7 Å². The third-order valence-electron chi connectivity index (χ3n) is 2.76. The summed E-state index contributed by atoms with van der Waals surface area (Å²) in [4.78, 5) is 10.5. The van der Waals surface area contributed by atoms with Gasteiger partial charge in [0.05, 0.1) is 12.2 Å². The average Bonchev–Trinajstić information content (AvgIpc) is 2.41. The molecule has 1 N–H and O–H groups in total. The zero-order valence-electron chi connectivity index (χ0n) is 11.4. The maximum atomic E-state index is 11.5. The number of carboxylic acid groups (broad SMARTS) is 1. The lowest BCUT2D eigenvalue weighted by atomic mass is 10.2. The Morgan fingerprint density at radius 2 is 2.05 bits per heavy atom. The van der Waals surface area contributed by atoms with Gasteiger partial charge in [0.1, 0.15) is 10.6 Å². The molecule has 0 aliphatic carbocycles. The molecule has 0 aliphatic rings. The number of carbonyl (C=O) groups is 1. The van der Waals surface area contributed by atoms with E-state index in [1.807, 2.05) is 6.08 Å². The van der Waals surface area contributed by atoms with Crippen molar-refractivity contribution in [1.82, 2.24) is 0 Å². The Bertz CT molecular complexity index is 610. The number of carboxylic acids is 1. The maximum Gasteiger partial charge on any atom is 0.335 e. The summed E-state index contributed by atoms with van der Waals surface area (Å²) in [6.45, 7) is 3.96. The lowest BCUT2D eigenvalue weighted by Gasteiger charge is -2.10. The molecule has 0 atom stereocenters. The Hall–Kier alpha value is -1.53. The zero-order valence-corrected chi connectivity index (χ0v) is 13.0. The van der Waals surface area contributed by atoms with Crippen LogP contribution in [-0.2, 0) is 9.05 Å². The minimum absolute atomic E-state index is 0.0683. The first-order chi connectivity index (χ1) is 9.86. The van der Waals surface area contributed by atoms with Crippen LogP contribution in [0.3, 0.4) is 0 Å². The lowest BCUT2D eigenvalue weighted by molar-refractivity contribution is 0.0696. The topological polar surface area (TPSA) is 80.7 Å². The summed E-state index contributed by atoms with van der Waals surface area (Å²) in [6.07, 6.45) is 5.45. The molecule has 0 amide bonds. The number of halogens is 1. The van der Waals surface area contributed by atoms with Gasteiger partial charge in [-0.1, -0.05) is 6.08 Å². The summed E-state index contributed by atoms with van der Waals surface area (Å²) in [7, 11) is 1.24. The van der Waals surface area contributed by atoms with Gasteiger partial charge in [0.15, 0.2) is 0 Å². The van der Waals surface area contributed by atoms with Crippen molar-refractivity contribution < 1.29 is 23.1 Å². The van der Waals surface area contributed by atoms with Gasteiger partial charge in [-0.2, -0.15) is 0 Å². The fourth-order valence-corrected chi connectivity index (χ4v) is 2.70. The Morgan fingerprint density at radius 1 is 1.33 bits per heavy atom. The first-order valence-corrected chi connectivity index (χ1v) is 8.73. The summed E-state index contributed by atoms with van der Waals surface area (Å²) in [5.74, 6) is -1.16. The van der Waals surface area contributed by atoms with Gasteiger partial charge in [-0.3, -0.25) is 0 Å². The predicted molar refractivity (Wildman–Crippen MR) is 80.6 cm³/mol. The number of ether oxygens (including phenoxy) is 1. The number of allylic oxidation sites excluding steroid dienone is 1. The monoisotopic (exact) mass is 332 g/mol. The largest absolute Gasteiger partial charge is 0.492 e. The molecule has 0 unspecified atom stereocenters. The normalized spacial score (nSPS) is 11.1. The minimum Gasteiger partial charge on any atom is -0.492 e. The van der Waals surface area contributed by atoms with Gasteiger partial charge in [0.25, 0.3) is 9.05 Å². The second-order valence-electron chi connectivity index (χ2n) is 4.39. The van der Waals surface area contributed by atoms with E-state index in [-0.39, 0.29) is 16.2 Å². The van der Waals surface area contributed by atoms with E-state index in [1.165, 1.54) is 12.1 Å². The van der Waals surface area contributed by atoms with Gasteiger partial charge in [-0.25, -0.2) is 13.2 Å². The highest BCUT2D eigenvalue weighted by Crippen LogP contribution is 2.28. The summed E-state index contributed by atoms with van der Waals surface area (Å²) in [5.41, 5.74) is -0.160. The Kier molecular flexibility index (Phi) is 6.71. The molecule has 5 nitrogen and oxygen atoms in total. The van der Waals surface area contributed by atoms with E-state index in [0.717, 1.165) is 31.7 Å². The summed E-state index contributed by atoms with van der Waals surface area (Å²) in [5, 5.41) is 8.88. The van der Waals surface area contributed by atoms with E-state index in [2.05, 4.69) is 6.58 Å². The van der Waals surface area contributed by atoms with E-state index in [0.29, 0.717) is 6.61 Å². The number of hydrogen-bond donors (Lipinski definition) is 1. The van der Waals surface area contributed by atoms with Crippen molar-refractivity contribution in [3.8, 4) is 5.75 Å². The number of aromatic carboxylic acids is 1. The first-order valence-electron chi connectivity index (χ1n) is 6.42. The molecule has 1 aromatic carbocycles. The van der Waals surface area contributed by atoms with Gasteiger partial charge in [0.2, 0.25) is 0 Å². The third-order valence-corrected chi connectivity index (χ3v) is 4.11. The number of rotatable bonds is 9. The molecular weight excluding hydrogens is 316 g/mol. The van der Waals surface area contributed by atoms with Crippen LogP contribution < -0.4 is 4.74 Å². The quantitative estimate of drug-likeness (QED) is 0.425. The van der Waals surface area contributed by atoms with Crippen LogP contribution in [0, 0.1) is 0 Å². The molecular formula is C14H17ClO5S. The van der Waals surface area contributed by atoms with Crippen molar-refractivity contribution in [2.75, 3.05) is 6.61 Å². The Balaban J connectivity index is 2.77. The second-order valence-corrected chi connectivity index (χ2v) is 6.93. The van der Waals surface area contributed by atoms with E-state index in [4.69, 9.17) is 20.5 Å². The third kappa shape index (κ3) is 5.77. The van der Waals surface area contributed by atoms with Crippen molar-refractivity contribution in [2.45, 2.75) is 30.6 Å². The molecule has 0 fully saturated rings. The molecule has 1 aromatic rings. The standard InChI is InChI=1S/C14H17ClO5S/c1-2-3-4-5-6-9-20-12-8-7-11(14(16)17)10-13(12)21(15,18)19/h2,7-8,10H,1,3-6,9H2,(H,16,17). The van der Waals surface area contributed by atoms with Gasteiger partial charge >= 0.3 is 5.97 Å². The zero-order chi connectivity index (χ0) is 15.9. The van der Waals surface area contributed by atoms with Crippen molar-refractivity contribution >= 4 is 25.7 Å². The van der Waals surface area contributed by atoms with Gasteiger partial charge in [-0.05, 0) is 43.9 Å². The molecule has 0 saturated carbocycles. The van der Waals surface area contributed by atoms with Gasteiger partial charge in [-0.15, -0.1) is 6.58 Å². The summed E-state index contributed by atoms with van der Waals surface area (Å²) in [6, 6.07) is 3.58. The van der Waals surface area contributed by atoms with Crippen LogP contribution in [-0.4, -0.2) is 26.1 Å². The molecule has 0 aliphatic heterocycles. The van der Waals surface area contributed by atoms with Gasteiger partial charge in [0, 0.05) is 10.7 Å². The van der Waals surface area contributed by atoms with Crippen LogP contribution in [0.5, 0.6) is 5.75 Å². The molecule has 0 radical (unpaired) electrons. The van der Waals surface area contributed by atoms with Crippen LogP contribution in [0.4, 0.5) is 0 Å². The molecule has 1 rings (SSSR count). The highest BCUT2D eigenvalue weighted by Gasteiger charge is 2.19. The average molecular weight is 333 g/mol. The van der Waals surface area contributed by atoms with E-state index in [1.54, 1.807) is 0 Å². The molecule has 0 bridgehead atoms. The number of unbranched alkanes of at least 4 members (excludes halogenated alkanes) is 3. The molecule has 0 heterocycles. The van der Waals surface area contributed by atoms with Crippen LogP contribution in [0.15, 0.2) is 35.7 Å². The van der Waals surface area contributed by atoms with Crippen LogP contribution in [0.2, 0.25) is 0 Å². The highest BCUT2D eigenvalue weighted by atomic mass is 35.7. The van der Waals surface area contributed by atoms with Gasteiger partial charge < -0.3 is 9.84 Å². The molecule has 0 saturated heterocycles. The first kappa shape index (κ1) is 17.5. The Labute approximate surface area is 128 Å². The van der Waals surface area contributed by atoms with Crippen LogP contribution in [0.25, 0.3) is 0 Å².